The predicted molar refractivity (Wildman–Crippen MR) is 57.7 cm³/mol. The van der Waals surface area contributed by atoms with Gasteiger partial charge in [0.05, 0.1) is 0 Å². The largest absolute Gasteiger partial charge is 0.356 e. The van der Waals surface area contributed by atoms with Gasteiger partial charge in [0.1, 0.15) is 12.1 Å². The van der Waals surface area contributed by atoms with Crippen molar-refractivity contribution in [3.05, 3.63) is 18.6 Å². The van der Waals surface area contributed by atoms with Gasteiger partial charge in [-0.05, 0) is 25.3 Å². The van der Waals surface area contributed by atoms with Gasteiger partial charge < -0.3 is 4.90 Å². The van der Waals surface area contributed by atoms with Gasteiger partial charge in [-0.1, -0.05) is 0 Å². The molecule has 0 saturated carbocycles. The molecule has 0 aromatic carbocycles. The Hall–Kier alpha value is -0.830. The van der Waals surface area contributed by atoms with E-state index in [1.165, 1.54) is 0 Å². The predicted octanol–water partition coefficient (Wildman–Crippen LogP) is 2.07. The zero-order valence-corrected chi connectivity index (χ0v) is 8.82. The lowest BCUT2D eigenvalue weighted by Crippen LogP contribution is -2.25. The van der Waals surface area contributed by atoms with E-state index in [0.717, 1.165) is 38.2 Å². The van der Waals surface area contributed by atoms with E-state index < -0.39 is 0 Å². The van der Waals surface area contributed by atoms with Gasteiger partial charge in [-0.3, -0.25) is 0 Å². The Balaban J connectivity index is 2.04. The second kappa shape index (κ2) is 4.60. The summed E-state index contributed by atoms with van der Waals surface area (Å²) in [6, 6.07) is 1.95. The van der Waals surface area contributed by atoms with Crippen LogP contribution >= 0.6 is 11.6 Å². The van der Waals surface area contributed by atoms with Crippen LogP contribution in [-0.4, -0.2) is 28.4 Å². The molecule has 4 heteroatoms. The summed E-state index contributed by atoms with van der Waals surface area (Å²) in [4.78, 5) is 10.4. The molecular formula is C10H14ClN3. The van der Waals surface area contributed by atoms with Crippen LogP contribution in [0.2, 0.25) is 0 Å². The average Bonchev–Trinajstić information content (AvgIpc) is 2.44. The zero-order chi connectivity index (χ0) is 9.80. The number of hydrogen-bond donors (Lipinski definition) is 0. The van der Waals surface area contributed by atoms with Gasteiger partial charge >= 0.3 is 0 Å². The average molecular weight is 212 g/mol. The highest BCUT2D eigenvalue weighted by Gasteiger charge is 2.15. The van der Waals surface area contributed by atoms with Crippen molar-refractivity contribution >= 4 is 17.4 Å². The SMILES string of the molecule is ClC1CCCN(c2ccncn2)CC1. The highest BCUT2D eigenvalue weighted by atomic mass is 35.5. The smallest absolute Gasteiger partial charge is 0.131 e. The molecule has 2 rings (SSSR count). The van der Waals surface area contributed by atoms with Crippen LogP contribution in [0.4, 0.5) is 5.82 Å². The highest BCUT2D eigenvalue weighted by Crippen LogP contribution is 2.19. The van der Waals surface area contributed by atoms with Crippen LogP contribution in [0.5, 0.6) is 0 Å². The maximum atomic E-state index is 6.11. The summed E-state index contributed by atoms with van der Waals surface area (Å²) in [5.41, 5.74) is 0. The van der Waals surface area contributed by atoms with E-state index in [0.29, 0.717) is 5.38 Å². The quantitative estimate of drug-likeness (QED) is 0.666. The molecule has 1 saturated heterocycles. The number of alkyl halides is 1. The first-order valence-corrected chi connectivity index (χ1v) is 5.45. The molecule has 0 radical (unpaired) electrons. The first-order chi connectivity index (χ1) is 6.86. The van der Waals surface area contributed by atoms with Crippen LogP contribution in [0.15, 0.2) is 18.6 Å². The van der Waals surface area contributed by atoms with Crippen LogP contribution in [0.3, 0.4) is 0 Å². The number of halogens is 1. The fourth-order valence-electron chi connectivity index (χ4n) is 1.76. The van der Waals surface area contributed by atoms with E-state index >= 15 is 0 Å². The number of hydrogen-bond acceptors (Lipinski definition) is 3. The molecule has 1 aromatic heterocycles. The summed E-state index contributed by atoms with van der Waals surface area (Å²) in [6.45, 7) is 2.06. The van der Waals surface area contributed by atoms with Crippen molar-refractivity contribution < 1.29 is 0 Å². The lowest BCUT2D eigenvalue weighted by Gasteiger charge is -2.20. The van der Waals surface area contributed by atoms with Gasteiger partial charge in [-0.2, -0.15) is 0 Å². The van der Waals surface area contributed by atoms with E-state index in [-0.39, 0.29) is 0 Å². The standard InChI is InChI=1S/C10H14ClN3/c11-9-2-1-6-14(7-4-9)10-3-5-12-8-13-10/h3,5,8-9H,1-2,4,6-7H2. The molecule has 14 heavy (non-hydrogen) atoms. The van der Waals surface area contributed by atoms with Crippen molar-refractivity contribution in [2.24, 2.45) is 0 Å². The number of nitrogens with zero attached hydrogens (tertiary/aromatic N) is 3. The molecule has 1 aliphatic rings. The highest BCUT2D eigenvalue weighted by molar-refractivity contribution is 6.20. The van der Waals surface area contributed by atoms with Gasteiger partial charge in [0.2, 0.25) is 0 Å². The van der Waals surface area contributed by atoms with Gasteiger partial charge in [0.15, 0.2) is 0 Å². The maximum absolute atomic E-state index is 6.11. The van der Waals surface area contributed by atoms with Crippen LogP contribution < -0.4 is 4.90 Å². The molecule has 0 aliphatic carbocycles. The van der Waals surface area contributed by atoms with Crippen LogP contribution in [0.1, 0.15) is 19.3 Å². The lowest BCUT2D eigenvalue weighted by molar-refractivity contribution is 0.735. The molecule has 1 atom stereocenters. The lowest BCUT2D eigenvalue weighted by atomic mass is 10.2. The Kier molecular flexibility index (Phi) is 3.19. The van der Waals surface area contributed by atoms with Crippen molar-refractivity contribution in [2.45, 2.75) is 24.6 Å². The van der Waals surface area contributed by atoms with Crippen molar-refractivity contribution in [3.8, 4) is 0 Å². The second-order valence-electron chi connectivity index (χ2n) is 3.58. The van der Waals surface area contributed by atoms with Crippen LogP contribution in [-0.2, 0) is 0 Å². The summed E-state index contributed by atoms with van der Waals surface area (Å²) in [6.07, 6.45) is 6.69. The van der Waals surface area contributed by atoms with Crippen molar-refractivity contribution in [1.82, 2.24) is 9.97 Å². The monoisotopic (exact) mass is 211 g/mol. The third kappa shape index (κ3) is 2.35. The molecule has 2 heterocycles. The Morgan fingerprint density at radius 1 is 1.36 bits per heavy atom. The molecule has 0 N–H and O–H groups in total. The van der Waals surface area contributed by atoms with Gasteiger partial charge in [-0.25, -0.2) is 9.97 Å². The third-order valence-electron chi connectivity index (χ3n) is 2.55. The summed E-state index contributed by atoms with van der Waals surface area (Å²) >= 11 is 6.11. The molecule has 1 aliphatic heterocycles. The maximum Gasteiger partial charge on any atom is 0.131 e. The van der Waals surface area contributed by atoms with E-state index in [9.17, 15) is 0 Å². The summed E-state index contributed by atoms with van der Waals surface area (Å²) in [5.74, 6) is 1.02. The fourth-order valence-corrected chi connectivity index (χ4v) is 2.01. The molecule has 1 fully saturated rings. The minimum atomic E-state index is 0.335. The van der Waals surface area contributed by atoms with E-state index in [2.05, 4.69) is 14.9 Å². The first kappa shape index (κ1) is 9.71. The number of anilines is 1. The summed E-state index contributed by atoms with van der Waals surface area (Å²) < 4.78 is 0. The third-order valence-corrected chi connectivity index (χ3v) is 2.98. The Morgan fingerprint density at radius 2 is 2.29 bits per heavy atom. The Bertz CT molecular complexity index is 278. The molecule has 1 aromatic rings. The molecular weight excluding hydrogens is 198 g/mol. The summed E-state index contributed by atoms with van der Waals surface area (Å²) in [7, 11) is 0. The van der Waals surface area contributed by atoms with E-state index in [1.54, 1.807) is 12.5 Å². The zero-order valence-electron chi connectivity index (χ0n) is 8.06. The Labute approximate surface area is 89.1 Å². The van der Waals surface area contributed by atoms with Crippen molar-refractivity contribution in [2.75, 3.05) is 18.0 Å². The molecule has 0 spiro atoms. The molecule has 3 nitrogen and oxygen atoms in total. The fraction of sp³-hybridized carbons (Fsp3) is 0.600. The van der Waals surface area contributed by atoms with E-state index in [4.69, 9.17) is 11.6 Å². The van der Waals surface area contributed by atoms with Gasteiger partial charge in [0.25, 0.3) is 0 Å². The molecule has 0 bridgehead atoms. The Morgan fingerprint density at radius 3 is 3.07 bits per heavy atom. The summed E-state index contributed by atoms with van der Waals surface area (Å²) in [5, 5.41) is 0.335. The number of aromatic nitrogens is 2. The van der Waals surface area contributed by atoms with Gasteiger partial charge in [0, 0.05) is 24.7 Å². The van der Waals surface area contributed by atoms with Crippen molar-refractivity contribution in [3.63, 3.8) is 0 Å². The number of rotatable bonds is 1. The minimum absolute atomic E-state index is 0.335. The topological polar surface area (TPSA) is 29.0 Å². The molecule has 76 valence electrons. The van der Waals surface area contributed by atoms with Crippen LogP contribution in [0, 0.1) is 0 Å². The van der Waals surface area contributed by atoms with Crippen molar-refractivity contribution in [1.29, 1.82) is 0 Å². The molecule has 1 unspecified atom stereocenters. The molecule has 0 amide bonds. The van der Waals surface area contributed by atoms with E-state index in [1.807, 2.05) is 6.07 Å². The van der Waals surface area contributed by atoms with Crippen LogP contribution in [0.25, 0.3) is 0 Å². The minimum Gasteiger partial charge on any atom is -0.356 e. The van der Waals surface area contributed by atoms with Gasteiger partial charge in [-0.15, -0.1) is 11.6 Å². The normalized spacial score (nSPS) is 23.2. The second-order valence-corrected chi connectivity index (χ2v) is 4.20. The first-order valence-electron chi connectivity index (χ1n) is 5.01.